The second-order valence-electron chi connectivity index (χ2n) is 2.82. The van der Waals surface area contributed by atoms with Gasteiger partial charge in [0.2, 0.25) is 0 Å². The van der Waals surface area contributed by atoms with Gasteiger partial charge in [-0.2, -0.15) is 16.9 Å². The molecular formula is C9H14N4OS. The van der Waals surface area contributed by atoms with Crippen molar-refractivity contribution in [3.63, 3.8) is 0 Å². The van der Waals surface area contributed by atoms with E-state index in [4.69, 9.17) is 5.73 Å². The zero-order valence-electron chi connectivity index (χ0n) is 8.32. The van der Waals surface area contributed by atoms with Gasteiger partial charge in [-0.25, -0.2) is 0 Å². The number of H-pyrrole nitrogens is 1. The highest BCUT2D eigenvalue weighted by Crippen LogP contribution is 2.05. The molecule has 5 nitrogen and oxygen atoms in total. The molecule has 1 amide bonds. The number of thioether (sulfide) groups is 1. The molecule has 6 heteroatoms. The number of rotatable bonds is 6. The van der Waals surface area contributed by atoms with Crippen LogP contribution in [0.4, 0.5) is 5.82 Å². The number of carbonyl (C=O) groups is 1. The number of nitrogen functional groups attached to an aromatic ring is 1. The second kappa shape index (κ2) is 6.13. The lowest BCUT2D eigenvalue weighted by atomic mass is 10.3. The van der Waals surface area contributed by atoms with Gasteiger partial charge in [-0.05, 0) is 0 Å². The standard InChI is InChI=1S/C9H14N4OS/c1-2-4-15-5-3-11-9(14)7-6-12-13-8(7)10/h2,6H,1,3-5H2,(H,11,14)(H3,10,12,13). The molecule has 0 radical (unpaired) electrons. The normalized spacial score (nSPS) is 9.87. The van der Waals surface area contributed by atoms with Gasteiger partial charge < -0.3 is 11.1 Å². The molecule has 0 aliphatic heterocycles. The Balaban J connectivity index is 2.25. The Hall–Kier alpha value is -1.43. The van der Waals surface area contributed by atoms with Gasteiger partial charge in [0.15, 0.2) is 0 Å². The number of nitrogens with one attached hydrogen (secondary N) is 2. The van der Waals surface area contributed by atoms with Crippen LogP contribution in [0.5, 0.6) is 0 Å². The van der Waals surface area contributed by atoms with E-state index in [9.17, 15) is 4.79 Å². The van der Waals surface area contributed by atoms with Gasteiger partial charge in [0.25, 0.3) is 5.91 Å². The van der Waals surface area contributed by atoms with Crippen molar-refractivity contribution in [2.75, 3.05) is 23.8 Å². The van der Waals surface area contributed by atoms with E-state index in [1.807, 2.05) is 6.08 Å². The molecule has 82 valence electrons. The summed E-state index contributed by atoms with van der Waals surface area (Å²) in [5, 5.41) is 8.93. The fourth-order valence-corrected chi connectivity index (χ4v) is 1.56. The van der Waals surface area contributed by atoms with E-state index in [1.165, 1.54) is 6.20 Å². The second-order valence-corrected chi connectivity index (χ2v) is 3.97. The molecule has 0 saturated heterocycles. The molecule has 1 aromatic rings. The zero-order chi connectivity index (χ0) is 11.1. The summed E-state index contributed by atoms with van der Waals surface area (Å²) in [6, 6.07) is 0. The lowest BCUT2D eigenvalue weighted by Crippen LogP contribution is -2.26. The highest BCUT2D eigenvalue weighted by atomic mass is 32.2. The van der Waals surface area contributed by atoms with E-state index >= 15 is 0 Å². The van der Waals surface area contributed by atoms with E-state index in [0.717, 1.165) is 11.5 Å². The maximum Gasteiger partial charge on any atom is 0.256 e. The first-order valence-electron chi connectivity index (χ1n) is 4.51. The molecule has 0 bridgehead atoms. The van der Waals surface area contributed by atoms with Gasteiger partial charge in [-0.3, -0.25) is 9.89 Å². The summed E-state index contributed by atoms with van der Waals surface area (Å²) < 4.78 is 0. The Morgan fingerprint density at radius 3 is 3.20 bits per heavy atom. The molecule has 0 spiro atoms. The van der Waals surface area contributed by atoms with Crippen molar-refractivity contribution in [3.8, 4) is 0 Å². The maximum absolute atomic E-state index is 11.5. The molecule has 0 aliphatic rings. The van der Waals surface area contributed by atoms with Crippen molar-refractivity contribution in [2.24, 2.45) is 0 Å². The SMILES string of the molecule is C=CCSCCNC(=O)c1cn[nH]c1N. The number of anilines is 1. The Morgan fingerprint density at radius 1 is 1.80 bits per heavy atom. The minimum atomic E-state index is -0.194. The highest BCUT2D eigenvalue weighted by molar-refractivity contribution is 7.99. The monoisotopic (exact) mass is 226 g/mol. The van der Waals surface area contributed by atoms with Crippen LogP contribution in [0.1, 0.15) is 10.4 Å². The van der Waals surface area contributed by atoms with Crippen LogP contribution in [0.2, 0.25) is 0 Å². The van der Waals surface area contributed by atoms with Crippen LogP contribution >= 0.6 is 11.8 Å². The third kappa shape index (κ3) is 3.67. The molecule has 0 unspecified atom stereocenters. The lowest BCUT2D eigenvalue weighted by Gasteiger charge is -2.02. The summed E-state index contributed by atoms with van der Waals surface area (Å²) in [6.07, 6.45) is 3.25. The summed E-state index contributed by atoms with van der Waals surface area (Å²) in [6.45, 7) is 4.22. The molecule has 0 atom stereocenters. The molecule has 4 N–H and O–H groups in total. The lowest BCUT2D eigenvalue weighted by molar-refractivity contribution is 0.0957. The highest BCUT2D eigenvalue weighted by Gasteiger charge is 2.09. The summed E-state index contributed by atoms with van der Waals surface area (Å²) in [4.78, 5) is 11.5. The minimum Gasteiger partial charge on any atom is -0.383 e. The average molecular weight is 226 g/mol. The molecule has 0 aromatic carbocycles. The average Bonchev–Trinajstić information content (AvgIpc) is 2.64. The number of nitrogens with zero attached hydrogens (tertiary/aromatic N) is 1. The predicted molar refractivity (Wildman–Crippen MR) is 62.9 cm³/mol. The quantitative estimate of drug-likeness (QED) is 0.491. The van der Waals surface area contributed by atoms with Gasteiger partial charge in [-0.15, -0.1) is 6.58 Å². The van der Waals surface area contributed by atoms with Gasteiger partial charge >= 0.3 is 0 Å². The van der Waals surface area contributed by atoms with Crippen LogP contribution in [-0.2, 0) is 0 Å². The van der Waals surface area contributed by atoms with Crippen LogP contribution < -0.4 is 11.1 Å². The fraction of sp³-hybridized carbons (Fsp3) is 0.333. The van der Waals surface area contributed by atoms with E-state index in [0.29, 0.717) is 17.9 Å². The van der Waals surface area contributed by atoms with Crippen LogP contribution in [0, 0.1) is 0 Å². The summed E-state index contributed by atoms with van der Waals surface area (Å²) in [5.74, 6) is 1.85. The van der Waals surface area contributed by atoms with Crippen molar-refractivity contribution >= 4 is 23.5 Å². The van der Waals surface area contributed by atoms with E-state index in [1.54, 1.807) is 11.8 Å². The molecule has 1 heterocycles. The number of amides is 1. The molecule has 0 saturated carbocycles. The Kier molecular flexibility index (Phi) is 4.76. The molecule has 0 fully saturated rings. The van der Waals surface area contributed by atoms with Crippen molar-refractivity contribution in [1.82, 2.24) is 15.5 Å². The van der Waals surface area contributed by atoms with E-state index in [-0.39, 0.29) is 5.91 Å². The van der Waals surface area contributed by atoms with Crippen LogP contribution in [-0.4, -0.2) is 34.2 Å². The first-order valence-corrected chi connectivity index (χ1v) is 5.67. The summed E-state index contributed by atoms with van der Waals surface area (Å²) in [7, 11) is 0. The first kappa shape index (κ1) is 11.6. The topological polar surface area (TPSA) is 83.8 Å². The largest absolute Gasteiger partial charge is 0.383 e. The smallest absolute Gasteiger partial charge is 0.256 e. The van der Waals surface area contributed by atoms with Crippen LogP contribution in [0.3, 0.4) is 0 Å². The number of aromatic nitrogens is 2. The fourth-order valence-electron chi connectivity index (χ4n) is 0.976. The molecule has 15 heavy (non-hydrogen) atoms. The van der Waals surface area contributed by atoms with Gasteiger partial charge in [-0.1, -0.05) is 6.08 Å². The number of carbonyl (C=O) groups excluding carboxylic acids is 1. The third-order valence-corrected chi connectivity index (χ3v) is 2.65. The first-order chi connectivity index (χ1) is 7.25. The molecule has 0 aliphatic carbocycles. The van der Waals surface area contributed by atoms with E-state index < -0.39 is 0 Å². The van der Waals surface area contributed by atoms with E-state index in [2.05, 4.69) is 22.1 Å². The van der Waals surface area contributed by atoms with Gasteiger partial charge in [0, 0.05) is 18.1 Å². The summed E-state index contributed by atoms with van der Waals surface area (Å²) >= 11 is 1.71. The molecular weight excluding hydrogens is 212 g/mol. The van der Waals surface area contributed by atoms with Crippen LogP contribution in [0.15, 0.2) is 18.9 Å². The van der Waals surface area contributed by atoms with Gasteiger partial charge in [0.1, 0.15) is 11.4 Å². The Bertz CT molecular complexity index is 337. The Morgan fingerprint density at radius 2 is 2.60 bits per heavy atom. The Labute approximate surface area is 92.5 Å². The van der Waals surface area contributed by atoms with Gasteiger partial charge in [0.05, 0.1) is 6.20 Å². The number of hydrogen-bond acceptors (Lipinski definition) is 4. The molecule has 1 rings (SSSR count). The zero-order valence-corrected chi connectivity index (χ0v) is 9.14. The number of nitrogens with two attached hydrogens (primary N) is 1. The third-order valence-electron chi connectivity index (χ3n) is 1.68. The maximum atomic E-state index is 11.5. The number of hydrogen-bond donors (Lipinski definition) is 3. The van der Waals surface area contributed by atoms with Crippen molar-refractivity contribution in [3.05, 3.63) is 24.4 Å². The minimum absolute atomic E-state index is 0.194. The van der Waals surface area contributed by atoms with Crippen molar-refractivity contribution < 1.29 is 4.79 Å². The number of aromatic amines is 1. The van der Waals surface area contributed by atoms with Crippen molar-refractivity contribution in [1.29, 1.82) is 0 Å². The molecule has 1 aromatic heterocycles. The summed E-state index contributed by atoms with van der Waals surface area (Å²) in [5.41, 5.74) is 5.89. The predicted octanol–water partition coefficient (Wildman–Crippen LogP) is 0.641. The van der Waals surface area contributed by atoms with Crippen molar-refractivity contribution in [2.45, 2.75) is 0 Å². The van der Waals surface area contributed by atoms with Crippen LogP contribution in [0.25, 0.3) is 0 Å².